The van der Waals surface area contributed by atoms with Crippen molar-refractivity contribution in [2.45, 2.75) is 95.9 Å². The van der Waals surface area contributed by atoms with E-state index >= 15 is 0 Å². The van der Waals surface area contributed by atoms with Crippen LogP contribution in [0.15, 0.2) is 42.5 Å². The van der Waals surface area contributed by atoms with Gasteiger partial charge in [-0.3, -0.25) is 14.4 Å². The number of hydrogen-bond donors (Lipinski definition) is 5. The summed E-state index contributed by atoms with van der Waals surface area (Å²) in [6.45, 7) is 7.61. The van der Waals surface area contributed by atoms with Crippen molar-refractivity contribution in [2.24, 2.45) is 17.6 Å². The number of amides is 3. The molecule has 0 fully saturated rings. The molecule has 12 heteroatoms. The van der Waals surface area contributed by atoms with Crippen LogP contribution in [0.4, 0.5) is 13.2 Å². The third-order valence-electron chi connectivity index (χ3n) is 10.2. The normalized spacial score (nSPS) is 21.3. The standard InChI is InChI=1S/C35H42F3N5O3S/c1-5-18(3)27(30(39)47)42-33(46)34(15-14-26-24(17-34)22-12-9-13-25(29(22)40-26)35(36,37)38)43-32(45)28(19(4)6-2)41-31(44)23-16-20-10-7-8-11-21(20)23/h7-13,18-19,23,27-28,40H,5-6,14-17H2,1-4H3,(H2,39,47)(H,41,44)(H,42,46)(H,43,45)/t18?,19?,23?,27-,28-,34+/m0/s1. The lowest BCUT2D eigenvalue weighted by Crippen LogP contribution is -2.67. The Hall–Kier alpha value is -3.93. The number of nitrogens with one attached hydrogen (secondary N) is 4. The number of alkyl halides is 3. The molecule has 3 unspecified atom stereocenters. The van der Waals surface area contributed by atoms with Crippen LogP contribution < -0.4 is 21.7 Å². The van der Waals surface area contributed by atoms with Gasteiger partial charge in [0, 0.05) is 17.5 Å². The van der Waals surface area contributed by atoms with E-state index in [2.05, 4.69) is 20.9 Å². The third kappa shape index (κ3) is 6.61. The largest absolute Gasteiger partial charge is 0.418 e. The second kappa shape index (κ2) is 13.3. The lowest BCUT2D eigenvalue weighted by molar-refractivity contribution is -0.137. The molecule has 0 saturated heterocycles. The number of aromatic amines is 1. The second-order valence-corrected chi connectivity index (χ2v) is 13.6. The number of halogens is 3. The van der Waals surface area contributed by atoms with Crippen molar-refractivity contribution >= 4 is 45.8 Å². The van der Waals surface area contributed by atoms with Crippen LogP contribution in [0.3, 0.4) is 0 Å². The minimum Gasteiger partial charge on any atom is -0.392 e. The second-order valence-electron chi connectivity index (χ2n) is 13.1. The molecule has 3 aromatic rings. The first-order chi connectivity index (χ1) is 22.2. The number of hydrogen-bond acceptors (Lipinski definition) is 4. The zero-order valence-electron chi connectivity index (χ0n) is 27.0. The highest BCUT2D eigenvalue weighted by Gasteiger charge is 2.47. The predicted molar refractivity (Wildman–Crippen MR) is 179 cm³/mol. The number of aromatic nitrogens is 1. The van der Waals surface area contributed by atoms with Gasteiger partial charge in [0.05, 0.1) is 28.0 Å². The van der Waals surface area contributed by atoms with E-state index in [0.29, 0.717) is 35.9 Å². The van der Waals surface area contributed by atoms with E-state index in [0.717, 1.165) is 17.2 Å². The molecular weight excluding hydrogens is 627 g/mol. The average molecular weight is 670 g/mol. The number of H-pyrrole nitrogens is 1. The van der Waals surface area contributed by atoms with Gasteiger partial charge in [0.2, 0.25) is 17.7 Å². The molecule has 3 amide bonds. The summed E-state index contributed by atoms with van der Waals surface area (Å²) < 4.78 is 41.8. The monoisotopic (exact) mass is 669 g/mol. The Labute approximate surface area is 277 Å². The SMILES string of the molecule is CCC(C)[C@H](NC(=O)C1Cc2ccccc21)C(=O)N[C@]1(C(=O)N[C@H](C(N)=S)C(C)CC)CCc2[nH]c3c(C(F)(F)F)cccc3c2C1. The fourth-order valence-corrected chi connectivity index (χ4v) is 7.13. The third-order valence-corrected chi connectivity index (χ3v) is 10.4. The number of aryl methyl sites for hydroxylation is 1. The van der Waals surface area contributed by atoms with Crippen LogP contribution in [-0.4, -0.2) is 45.3 Å². The van der Waals surface area contributed by atoms with Gasteiger partial charge in [-0.1, -0.05) is 89.2 Å². The van der Waals surface area contributed by atoms with E-state index in [4.69, 9.17) is 18.0 Å². The Morgan fingerprint density at radius 1 is 1.02 bits per heavy atom. The van der Waals surface area contributed by atoms with Gasteiger partial charge < -0.3 is 26.7 Å². The Morgan fingerprint density at radius 2 is 1.70 bits per heavy atom. The van der Waals surface area contributed by atoms with Crippen molar-refractivity contribution in [1.82, 2.24) is 20.9 Å². The van der Waals surface area contributed by atoms with Crippen LogP contribution in [0.1, 0.15) is 80.8 Å². The quantitative estimate of drug-likeness (QED) is 0.179. The zero-order valence-corrected chi connectivity index (χ0v) is 27.8. The van der Waals surface area contributed by atoms with Crippen molar-refractivity contribution in [3.05, 3.63) is 70.4 Å². The fraction of sp³-hybridized carbons (Fsp3) is 0.486. The van der Waals surface area contributed by atoms with Crippen molar-refractivity contribution in [3.8, 4) is 0 Å². The first kappa shape index (κ1) is 34.4. The van der Waals surface area contributed by atoms with E-state index in [1.165, 1.54) is 6.07 Å². The average Bonchev–Trinajstić information content (AvgIpc) is 3.39. The van der Waals surface area contributed by atoms with E-state index < -0.39 is 41.2 Å². The minimum absolute atomic E-state index is 0.0568. The highest BCUT2D eigenvalue weighted by molar-refractivity contribution is 7.80. The van der Waals surface area contributed by atoms with Crippen molar-refractivity contribution < 1.29 is 27.6 Å². The smallest absolute Gasteiger partial charge is 0.392 e. The van der Waals surface area contributed by atoms with Gasteiger partial charge in [-0.25, -0.2) is 0 Å². The van der Waals surface area contributed by atoms with Crippen LogP contribution in [0.2, 0.25) is 0 Å². The number of carbonyl (C=O) groups is 3. The Balaban J connectivity index is 1.50. The number of nitrogens with two attached hydrogens (primary N) is 1. The summed E-state index contributed by atoms with van der Waals surface area (Å²) in [4.78, 5) is 45.1. The van der Waals surface area contributed by atoms with Gasteiger partial charge in [0.15, 0.2) is 0 Å². The summed E-state index contributed by atoms with van der Waals surface area (Å²) >= 11 is 5.29. The van der Waals surface area contributed by atoms with Crippen LogP contribution >= 0.6 is 12.2 Å². The van der Waals surface area contributed by atoms with Crippen molar-refractivity contribution in [2.75, 3.05) is 0 Å². The summed E-state index contributed by atoms with van der Waals surface area (Å²) in [5.74, 6) is -2.10. The molecule has 6 N–H and O–H groups in total. The number of rotatable bonds is 11. The van der Waals surface area contributed by atoms with Gasteiger partial charge in [-0.05, 0) is 53.9 Å². The Bertz CT molecular complexity index is 1710. The number of carbonyl (C=O) groups excluding carboxylic acids is 3. The molecule has 2 aliphatic carbocycles. The van der Waals surface area contributed by atoms with Crippen LogP contribution in [0.25, 0.3) is 10.9 Å². The molecule has 2 aromatic carbocycles. The van der Waals surface area contributed by atoms with Gasteiger partial charge in [0.25, 0.3) is 0 Å². The van der Waals surface area contributed by atoms with Gasteiger partial charge >= 0.3 is 6.18 Å². The number of fused-ring (bicyclic) bond motifs is 4. The summed E-state index contributed by atoms with van der Waals surface area (Å²) in [5.41, 5.74) is 6.75. The molecule has 0 bridgehead atoms. The molecule has 1 heterocycles. The predicted octanol–water partition coefficient (Wildman–Crippen LogP) is 5.22. The maximum absolute atomic E-state index is 14.4. The summed E-state index contributed by atoms with van der Waals surface area (Å²) in [6.07, 6.45) is -2.53. The molecule has 0 spiro atoms. The van der Waals surface area contributed by atoms with Crippen LogP contribution in [0.5, 0.6) is 0 Å². The fourth-order valence-electron chi connectivity index (χ4n) is 6.84. The topological polar surface area (TPSA) is 129 Å². The van der Waals surface area contributed by atoms with Crippen molar-refractivity contribution in [1.29, 1.82) is 0 Å². The molecule has 0 saturated carbocycles. The minimum atomic E-state index is -4.58. The molecule has 6 atom stereocenters. The summed E-state index contributed by atoms with van der Waals surface area (Å²) in [6, 6.07) is 10.0. The summed E-state index contributed by atoms with van der Waals surface area (Å²) in [7, 11) is 0. The number of para-hydroxylation sites is 1. The molecule has 1 aromatic heterocycles. The van der Waals surface area contributed by atoms with Gasteiger partial charge in [0.1, 0.15) is 11.6 Å². The molecular formula is C35H42F3N5O3S. The number of benzene rings is 2. The number of thiocarbonyl (C=S) groups is 1. The van der Waals surface area contributed by atoms with Crippen LogP contribution in [0, 0.1) is 11.8 Å². The van der Waals surface area contributed by atoms with Crippen molar-refractivity contribution in [3.63, 3.8) is 0 Å². The van der Waals surface area contributed by atoms with Gasteiger partial charge in [-0.15, -0.1) is 0 Å². The Kier molecular flexibility index (Phi) is 9.73. The first-order valence-corrected chi connectivity index (χ1v) is 16.6. The molecule has 8 nitrogen and oxygen atoms in total. The van der Waals surface area contributed by atoms with Gasteiger partial charge in [-0.2, -0.15) is 13.2 Å². The maximum atomic E-state index is 14.4. The Morgan fingerprint density at radius 3 is 2.34 bits per heavy atom. The lowest BCUT2D eigenvalue weighted by atomic mass is 9.76. The highest BCUT2D eigenvalue weighted by Crippen LogP contribution is 2.40. The molecule has 0 radical (unpaired) electrons. The van der Waals surface area contributed by atoms with E-state index in [1.807, 2.05) is 52.0 Å². The molecule has 252 valence electrons. The molecule has 47 heavy (non-hydrogen) atoms. The van der Waals surface area contributed by atoms with E-state index in [9.17, 15) is 27.6 Å². The maximum Gasteiger partial charge on any atom is 0.418 e. The first-order valence-electron chi connectivity index (χ1n) is 16.2. The summed E-state index contributed by atoms with van der Waals surface area (Å²) in [5, 5.41) is 9.26. The zero-order chi connectivity index (χ0) is 34.3. The lowest BCUT2D eigenvalue weighted by Gasteiger charge is -2.40. The molecule has 2 aliphatic rings. The van der Waals surface area contributed by atoms with Crippen LogP contribution in [-0.2, 0) is 39.8 Å². The molecule has 0 aliphatic heterocycles. The van der Waals surface area contributed by atoms with E-state index in [-0.39, 0.29) is 53.4 Å². The molecule has 5 rings (SSSR count). The van der Waals surface area contributed by atoms with E-state index in [1.54, 1.807) is 6.07 Å². The highest BCUT2D eigenvalue weighted by atomic mass is 32.1.